The van der Waals surface area contributed by atoms with Gasteiger partial charge in [-0.3, -0.25) is 4.98 Å². The maximum Gasteiger partial charge on any atom is 0.0432 e. The van der Waals surface area contributed by atoms with E-state index in [0.29, 0.717) is 5.92 Å². The van der Waals surface area contributed by atoms with E-state index in [0.717, 1.165) is 24.6 Å². The van der Waals surface area contributed by atoms with Crippen LogP contribution < -0.4 is 5.32 Å². The summed E-state index contributed by atoms with van der Waals surface area (Å²) in [7, 11) is 0. The van der Waals surface area contributed by atoms with Crippen molar-refractivity contribution < 1.29 is 0 Å². The van der Waals surface area contributed by atoms with E-state index in [2.05, 4.69) is 28.4 Å². The first-order chi connectivity index (χ1) is 8.36. The third kappa shape index (κ3) is 1.99. The maximum atomic E-state index is 5.41. The van der Waals surface area contributed by atoms with Gasteiger partial charge < -0.3 is 5.32 Å². The molecule has 1 aromatic rings. The fraction of sp³-hybridized carbons (Fsp3) is 0.400. The minimum absolute atomic E-state index is 0.702. The van der Waals surface area contributed by atoms with Gasteiger partial charge in [-0.15, -0.1) is 6.42 Å². The number of fused-ring (bicyclic) bond motifs is 1. The Hall–Kier alpha value is -1.59. The molecule has 0 bridgehead atoms. The number of hydrogen-bond donors (Lipinski definition) is 1. The second-order valence-electron chi connectivity index (χ2n) is 4.92. The topological polar surface area (TPSA) is 24.9 Å². The molecule has 2 heteroatoms. The van der Waals surface area contributed by atoms with Gasteiger partial charge in [-0.1, -0.05) is 12.0 Å². The normalized spacial score (nSPS) is 27.1. The predicted octanol–water partition coefficient (Wildman–Crippen LogP) is 2.08. The zero-order chi connectivity index (χ0) is 11.7. The van der Waals surface area contributed by atoms with Crippen LogP contribution in [-0.4, -0.2) is 18.1 Å². The molecular formula is C15H16N2. The fourth-order valence-electron chi connectivity index (χ4n) is 2.90. The van der Waals surface area contributed by atoms with Crippen LogP contribution in [0, 0.1) is 24.2 Å². The van der Waals surface area contributed by atoms with E-state index in [4.69, 9.17) is 6.42 Å². The lowest BCUT2D eigenvalue weighted by atomic mass is 9.89. The predicted molar refractivity (Wildman–Crippen MR) is 69.2 cm³/mol. The van der Waals surface area contributed by atoms with Gasteiger partial charge in [0.2, 0.25) is 0 Å². The summed E-state index contributed by atoms with van der Waals surface area (Å²) in [5.74, 6) is 4.17. The standard InChI is InChI=1S/C15H16N2/c1-2-11-5-14(10-17-8-11)13-6-12-3-4-16-9-15(12)7-13/h1,5,7-8,10,12,15-16H,3-4,6,9H2. The Morgan fingerprint density at radius 2 is 2.35 bits per heavy atom. The van der Waals surface area contributed by atoms with Gasteiger partial charge in [0.1, 0.15) is 0 Å². The van der Waals surface area contributed by atoms with Crippen molar-refractivity contribution in [2.45, 2.75) is 12.8 Å². The summed E-state index contributed by atoms with van der Waals surface area (Å²) in [4.78, 5) is 4.22. The van der Waals surface area contributed by atoms with Crippen molar-refractivity contribution in [3.8, 4) is 12.3 Å². The molecule has 2 nitrogen and oxygen atoms in total. The van der Waals surface area contributed by atoms with Gasteiger partial charge in [-0.2, -0.15) is 0 Å². The lowest BCUT2D eigenvalue weighted by Crippen LogP contribution is -2.33. The van der Waals surface area contributed by atoms with E-state index >= 15 is 0 Å². The number of aromatic nitrogens is 1. The van der Waals surface area contributed by atoms with Crippen molar-refractivity contribution in [3.63, 3.8) is 0 Å². The Morgan fingerprint density at radius 3 is 3.18 bits per heavy atom. The van der Waals surface area contributed by atoms with Crippen molar-refractivity contribution >= 4 is 5.57 Å². The number of nitrogens with one attached hydrogen (secondary N) is 1. The molecule has 1 fully saturated rings. The van der Waals surface area contributed by atoms with Crippen LogP contribution in [0.3, 0.4) is 0 Å². The highest BCUT2D eigenvalue weighted by molar-refractivity contribution is 5.68. The molecule has 2 heterocycles. The Morgan fingerprint density at radius 1 is 1.41 bits per heavy atom. The molecule has 0 spiro atoms. The number of hydrogen-bond acceptors (Lipinski definition) is 2. The molecule has 0 saturated carbocycles. The van der Waals surface area contributed by atoms with Crippen LogP contribution in [0.5, 0.6) is 0 Å². The lowest BCUT2D eigenvalue weighted by molar-refractivity contribution is 0.323. The van der Waals surface area contributed by atoms with Crippen LogP contribution in [0.25, 0.3) is 5.57 Å². The second kappa shape index (κ2) is 4.35. The Bertz CT molecular complexity index is 496. The average Bonchev–Trinajstić information content (AvgIpc) is 2.82. The number of piperidine rings is 1. The molecule has 2 atom stereocenters. The molecule has 1 aliphatic carbocycles. The largest absolute Gasteiger partial charge is 0.316 e. The Kier molecular flexibility index (Phi) is 2.70. The minimum atomic E-state index is 0.702. The van der Waals surface area contributed by atoms with Crippen LogP contribution in [0.2, 0.25) is 0 Å². The summed E-state index contributed by atoms with van der Waals surface area (Å²) in [6, 6.07) is 2.07. The molecule has 2 aliphatic rings. The summed E-state index contributed by atoms with van der Waals surface area (Å²) in [5, 5.41) is 3.46. The third-order valence-corrected chi connectivity index (χ3v) is 3.85. The Labute approximate surface area is 102 Å². The van der Waals surface area contributed by atoms with Crippen molar-refractivity contribution in [1.29, 1.82) is 0 Å². The van der Waals surface area contributed by atoms with Gasteiger partial charge in [0.05, 0.1) is 0 Å². The molecule has 0 radical (unpaired) electrons. The van der Waals surface area contributed by atoms with Crippen molar-refractivity contribution in [3.05, 3.63) is 35.7 Å². The van der Waals surface area contributed by atoms with Crippen LogP contribution in [0.4, 0.5) is 0 Å². The zero-order valence-corrected chi connectivity index (χ0v) is 9.82. The van der Waals surface area contributed by atoms with Crippen LogP contribution in [0.1, 0.15) is 24.0 Å². The van der Waals surface area contributed by atoms with Gasteiger partial charge in [-0.05, 0) is 48.4 Å². The van der Waals surface area contributed by atoms with Gasteiger partial charge >= 0.3 is 0 Å². The summed E-state index contributed by atoms with van der Waals surface area (Å²) >= 11 is 0. The molecule has 1 aromatic heterocycles. The van der Waals surface area contributed by atoms with E-state index in [-0.39, 0.29) is 0 Å². The fourth-order valence-corrected chi connectivity index (χ4v) is 2.90. The third-order valence-electron chi connectivity index (χ3n) is 3.85. The van der Waals surface area contributed by atoms with E-state index in [1.807, 2.05) is 6.20 Å². The maximum absolute atomic E-state index is 5.41. The molecule has 1 aliphatic heterocycles. The monoisotopic (exact) mass is 224 g/mol. The molecule has 3 rings (SSSR count). The highest BCUT2D eigenvalue weighted by atomic mass is 14.9. The average molecular weight is 224 g/mol. The van der Waals surface area contributed by atoms with Gasteiger partial charge in [0.25, 0.3) is 0 Å². The smallest absolute Gasteiger partial charge is 0.0432 e. The number of allylic oxidation sites excluding steroid dienone is 1. The number of pyridine rings is 1. The molecular weight excluding hydrogens is 208 g/mol. The van der Waals surface area contributed by atoms with E-state index in [1.54, 1.807) is 6.20 Å². The number of nitrogens with zero attached hydrogens (tertiary/aromatic N) is 1. The molecule has 1 N–H and O–H groups in total. The lowest BCUT2D eigenvalue weighted by Gasteiger charge is -2.25. The first-order valence-electron chi connectivity index (χ1n) is 6.20. The summed E-state index contributed by atoms with van der Waals surface area (Å²) in [5.41, 5.74) is 3.50. The molecule has 0 aromatic carbocycles. The van der Waals surface area contributed by atoms with Gasteiger partial charge in [0, 0.05) is 24.5 Å². The van der Waals surface area contributed by atoms with Gasteiger partial charge in [-0.25, -0.2) is 0 Å². The van der Waals surface area contributed by atoms with E-state index < -0.39 is 0 Å². The first-order valence-corrected chi connectivity index (χ1v) is 6.20. The molecule has 2 unspecified atom stereocenters. The van der Waals surface area contributed by atoms with Crippen molar-refractivity contribution in [2.24, 2.45) is 11.8 Å². The summed E-state index contributed by atoms with van der Waals surface area (Å²) in [6.45, 7) is 2.28. The van der Waals surface area contributed by atoms with Crippen LogP contribution >= 0.6 is 0 Å². The molecule has 17 heavy (non-hydrogen) atoms. The Balaban J connectivity index is 1.87. The van der Waals surface area contributed by atoms with Crippen LogP contribution in [-0.2, 0) is 0 Å². The van der Waals surface area contributed by atoms with Crippen molar-refractivity contribution in [1.82, 2.24) is 10.3 Å². The second-order valence-corrected chi connectivity index (χ2v) is 4.92. The summed E-state index contributed by atoms with van der Waals surface area (Å²) < 4.78 is 0. The van der Waals surface area contributed by atoms with E-state index in [1.165, 1.54) is 24.0 Å². The number of terminal acetylenes is 1. The molecule has 1 saturated heterocycles. The summed E-state index contributed by atoms with van der Waals surface area (Å²) in [6.07, 6.45) is 14.0. The van der Waals surface area contributed by atoms with E-state index in [9.17, 15) is 0 Å². The highest BCUT2D eigenvalue weighted by Gasteiger charge is 2.30. The minimum Gasteiger partial charge on any atom is -0.316 e. The first kappa shape index (κ1) is 10.6. The highest BCUT2D eigenvalue weighted by Crippen LogP contribution is 2.39. The molecule has 0 amide bonds. The van der Waals surface area contributed by atoms with Crippen molar-refractivity contribution in [2.75, 3.05) is 13.1 Å². The SMILES string of the molecule is C#Cc1cncc(C2=CC3CNCCC3C2)c1. The quantitative estimate of drug-likeness (QED) is 0.739. The number of rotatable bonds is 1. The van der Waals surface area contributed by atoms with Crippen LogP contribution in [0.15, 0.2) is 24.5 Å². The molecule has 86 valence electrons. The zero-order valence-electron chi connectivity index (χ0n) is 9.82. The van der Waals surface area contributed by atoms with Gasteiger partial charge in [0.15, 0.2) is 0 Å².